The first-order valence-electron chi connectivity index (χ1n) is 15.5. The predicted molar refractivity (Wildman–Crippen MR) is 193 cm³/mol. The Morgan fingerprint density at radius 1 is 0.854 bits per heavy atom. The zero-order chi connectivity index (χ0) is 36.7. The normalized spacial score (nSPS) is 16.0. The summed E-state index contributed by atoms with van der Waals surface area (Å²) in [6, 6.07) is -2.19. The highest BCUT2D eigenvalue weighted by molar-refractivity contribution is 8.77. The fraction of sp³-hybridized carbons (Fsp3) is 0.710. The molecule has 0 aromatic carbocycles. The van der Waals surface area contributed by atoms with Crippen LogP contribution in [-0.2, 0) is 38.3 Å². The molecule has 5 N–H and O–H groups in total. The van der Waals surface area contributed by atoms with Crippen LogP contribution in [0.2, 0.25) is 0 Å². The number of ketones is 2. The van der Waals surface area contributed by atoms with Crippen LogP contribution in [0.3, 0.4) is 0 Å². The van der Waals surface area contributed by atoms with E-state index in [4.69, 9.17) is 15.6 Å². The van der Waals surface area contributed by atoms with Gasteiger partial charge in [0, 0.05) is 59.1 Å². The van der Waals surface area contributed by atoms with Crippen LogP contribution in [0.25, 0.3) is 0 Å². The van der Waals surface area contributed by atoms with E-state index in [1.165, 1.54) is 39.3 Å². The Balaban J connectivity index is 2.97. The molecule has 13 nitrogen and oxygen atoms in total. The Bertz CT molecular complexity index is 1170. The average Bonchev–Trinajstić information content (AvgIpc) is 3.29. The summed E-state index contributed by atoms with van der Waals surface area (Å²) in [5.74, 6) is -5.14. The van der Waals surface area contributed by atoms with Gasteiger partial charge in [-0.3, -0.25) is 38.5 Å². The van der Waals surface area contributed by atoms with E-state index in [1.54, 1.807) is 10.8 Å². The van der Waals surface area contributed by atoms with Crippen molar-refractivity contribution in [1.82, 2.24) is 15.5 Å². The van der Waals surface area contributed by atoms with Gasteiger partial charge in [-0.25, -0.2) is 0 Å². The SMILES string of the molecule is C[C@H](NC(=O)[C@H](CSSC(C)(C)C)CC(=O)[C@H](CN)N1C(=O)C=CC1=O)C(=O)C[C@@H](CSSC(C)(C)C)C(=O)NCCOCCC(=O)O. The van der Waals surface area contributed by atoms with Crippen LogP contribution in [0.4, 0.5) is 0 Å². The molecule has 0 bridgehead atoms. The predicted octanol–water partition coefficient (Wildman–Crippen LogP) is 2.86. The molecule has 0 unspecified atom stereocenters. The lowest BCUT2D eigenvalue weighted by atomic mass is 9.96. The van der Waals surface area contributed by atoms with Gasteiger partial charge in [0.1, 0.15) is 6.04 Å². The smallest absolute Gasteiger partial charge is 0.305 e. The van der Waals surface area contributed by atoms with Crippen LogP contribution in [0.1, 0.15) is 67.7 Å². The van der Waals surface area contributed by atoms with Crippen molar-refractivity contribution in [3.63, 3.8) is 0 Å². The third-order valence-electron chi connectivity index (χ3n) is 6.39. The lowest BCUT2D eigenvalue weighted by Gasteiger charge is -2.26. The van der Waals surface area contributed by atoms with E-state index in [9.17, 15) is 33.6 Å². The van der Waals surface area contributed by atoms with E-state index in [1.807, 2.05) is 41.5 Å². The monoisotopic (exact) mass is 750 g/mol. The lowest BCUT2D eigenvalue weighted by molar-refractivity contribution is -0.145. The summed E-state index contributed by atoms with van der Waals surface area (Å²) in [7, 11) is 5.96. The molecule has 1 heterocycles. The first kappa shape index (κ1) is 44.0. The summed E-state index contributed by atoms with van der Waals surface area (Å²) in [5, 5.41) is 14.2. The molecule has 0 saturated carbocycles. The molecule has 1 rings (SSSR count). The van der Waals surface area contributed by atoms with Gasteiger partial charge in [0.2, 0.25) is 11.8 Å². The molecule has 17 heteroatoms. The molecule has 0 aromatic heterocycles. The topological polar surface area (TPSA) is 202 Å². The van der Waals surface area contributed by atoms with Gasteiger partial charge in [0.25, 0.3) is 11.8 Å². The van der Waals surface area contributed by atoms with E-state index < -0.39 is 53.4 Å². The fourth-order valence-corrected chi connectivity index (χ4v) is 9.23. The number of carboxylic acids is 1. The van der Waals surface area contributed by atoms with Crippen LogP contribution >= 0.6 is 43.2 Å². The number of carboxylic acid groups (broad SMARTS) is 1. The maximum absolute atomic E-state index is 13.5. The molecule has 0 fully saturated rings. The molecule has 0 saturated heterocycles. The van der Waals surface area contributed by atoms with Gasteiger partial charge < -0.3 is 26.2 Å². The maximum Gasteiger partial charge on any atom is 0.305 e. The second-order valence-electron chi connectivity index (χ2n) is 13.1. The van der Waals surface area contributed by atoms with Gasteiger partial charge in [-0.15, -0.1) is 0 Å². The number of carbonyl (C=O) groups excluding carboxylic acids is 6. The minimum atomic E-state index is -1.22. The van der Waals surface area contributed by atoms with Crippen molar-refractivity contribution in [3.05, 3.63) is 12.2 Å². The second-order valence-corrected chi connectivity index (χ2v) is 19.4. The molecule has 48 heavy (non-hydrogen) atoms. The first-order chi connectivity index (χ1) is 22.3. The number of hydrogen-bond acceptors (Lipinski definition) is 13. The van der Waals surface area contributed by atoms with Gasteiger partial charge in [-0.05, 0) is 6.92 Å². The molecule has 0 aliphatic carbocycles. The van der Waals surface area contributed by atoms with Crippen molar-refractivity contribution in [2.24, 2.45) is 17.6 Å². The number of amides is 4. The summed E-state index contributed by atoms with van der Waals surface area (Å²) in [6.45, 7) is 13.6. The largest absolute Gasteiger partial charge is 0.481 e. The number of carbonyl (C=O) groups is 7. The lowest BCUT2D eigenvalue weighted by Crippen LogP contribution is -2.50. The molecule has 4 amide bonds. The summed E-state index contributed by atoms with van der Waals surface area (Å²) in [5.41, 5.74) is 5.79. The van der Waals surface area contributed by atoms with Crippen LogP contribution in [0, 0.1) is 11.8 Å². The Morgan fingerprint density at radius 3 is 1.83 bits per heavy atom. The fourth-order valence-electron chi connectivity index (χ4n) is 4.00. The zero-order valence-electron chi connectivity index (χ0n) is 28.7. The number of hydrogen-bond donors (Lipinski definition) is 4. The molecule has 4 atom stereocenters. The molecule has 1 aliphatic rings. The highest BCUT2D eigenvalue weighted by Gasteiger charge is 2.37. The number of rotatable bonds is 23. The number of imide groups is 1. The van der Waals surface area contributed by atoms with E-state index in [0.717, 1.165) is 17.1 Å². The van der Waals surface area contributed by atoms with Gasteiger partial charge in [0.15, 0.2) is 11.6 Å². The van der Waals surface area contributed by atoms with Crippen LogP contribution in [-0.4, -0.2) is 111 Å². The Morgan fingerprint density at radius 2 is 1.35 bits per heavy atom. The molecule has 0 spiro atoms. The average molecular weight is 751 g/mol. The third kappa shape index (κ3) is 17.6. The van der Waals surface area contributed by atoms with Crippen molar-refractivity contribution in [2.45, 2.75) is 89.3 Å². The maximum atomic E-state index is 13.5. The highest BCUT2D eigenvalue weighted by atomic mass is 33.1. The second kappa shape index (κ2) is 21.2. The summed E-state index contributed by atoms with van der Waals surface area (Å²) < 4.78 is 5.01. The quantitative estimate of drug-likeness (QED) is 0.0675. The van der Waals surface area contributed by atoms with Crippen LogP contribution in [0.5, 0.6) is 0 Å². The van der Waals surface area contributed by atoms with Crippen molar-refractivity contribution in [3.8, 4) is 0 Å². The first-order valence-corrected chi connectivity index (χ1v) is 20.2. The van der Waals surface area contributed by atoms with Gasteiger partial charge in [-0.2, -0.15) is 0 Å². The van der Waals surface area contributed by atoms with E-state index in [-0.39, 0.29) is 72.5 Å². The van der Waals surface area contributed by atoms with Crippen molar-refractivity contribution in [1.29, 1.82) is 0 Å². The number of nitrogens with one attached hydrogen (secondary N) is 2. The highest BCUT2D eigenvalue weighted by Crippen LogP contribution is 2.37. The Kier molecular flexibility index (Phi) is 19.4. The minimum Gasteiger partial charge on any atom is -0.481 e. The number of nitrogens with zero attached hydrogens (tertiary/aromatic N) is 1. The van der Waals surface area contributed by atoms with Gasteiger partial charge >= 0.3 is 5.97 Å². The molecular weight excluding hydrogens is 701 g/mol. The molecule has 1 aliphatic heterocycles. The summed E-state index contributed by atoms with van der Waals surface area (Å²) in [6.07, 6.45) is 1.53. The molecule has 0 aromatic rings. The Labute approximate surface area is 299 Å². The standard InChI is InChI=1S/C31H50N4O9S4/c1-19(23(36)14-20(17-45-47-30(2,3)4)28(42)33-11-13-44-12-10-27(40)41)34-29(43)21(18-46-48-31(5,6)7)15-24(37)22(16-32)35-25(38)8-9-26(35)39/h8-9,19-22H,10-18,32H2,1-7H3,(H,33,42)(H,34,43)(H,40,41)/t19-,20-,21-,22-/m0/s1. The van der Waals surface area contributed by atoms with Crippen molar-refractivity contribution in [2.75, 3.05) is 37.8 Å². The van der Waals surface area contributed by atoms with Crippen molar-refractivity contribution >= 4 is 84.3 Å². The van der Waals surface area contributed by atoms with E-state index in [2.05, 4.69) is 10.6 Å². The van der Waals surface area contributed by atoms with E-state index in [0.29, 0.717) is 5.75 Å². The van der Waals surface area contributed by atoms with Crippen LogP contribution in [0.15, 0.2) is 12.2 Å². The van der Waals surface area contributed by atoms with Gasteiger partial charge in [0.05, 0.1) is 37.5 Å². The van der Waals surface area contributed by atoms with E-state index >= 15 is 0 Å². The third-order valence-corrected chi connectivity index (χ3v) is 13.2. The number of nitrogens with two attached hydrogens (primary N) is 1. The molecule has 0 radical (unpaired) electrons. The number of Topliss-reactive ketones (excluding diaryl/α,β-unsaturated/α-hetero) is 2. The number of ether oxygens (including phenoxy) is 1. The number of aliphatic carboxylic acids is 1. The van der Waals surface area contributed by atoms with Crippen LogP contribution < -0.4 is 16.4 Å². The Hall–Kier alpha value is -2.05. The van der Waals surface area contributed by atoms with Crippen molar-refractivity contribution < 1.29 is 43.4 Å². The zero-order valence-corrected chi connectivity index (χ0v) is 32.0. The molecular formula is C31H50N4O9S4. The summed E-state index contributed by atoms with van der Waals surface area (Å²) >= 11 is 0. The summed E-state index contributed by atoms with van der Waals surface area (Å²) in [4.78, 5) is 89.1. The minimum absolute atomic E-state index is 0.0149. The van der Waals surface area contributed by atoms with Gasteiger partial charge in [-0.1, -0.05) is 84.7 Å². The molecule has 272 valence electrons.